The largest absolute Gasteiger partial charge is 0.488 e. The molecule has 1 amide bonds. The van der Waals surface area contributed by atoms with E-state index in [4.69, 9.17) is 4.74 Å². The molecule has 0 radical (unpaired) electrons. The van der Waals surface area contributed by atoms with Crippen LogP contribution in [0.5, 0.6) is 5.75 Å². The van der Waals surface area contributed by atoms with Gasteiger partial charge in [0.15, 0.2) is 6.54 Å². The van der Waals surface area contributed by atoms with Gasteiger partial charge in [0, 0.05) is 5.56 Å². The summed E-state index contributed by atoms with van der Waals surface area (Å²) < 4.78 is 5.89. The van der Waals surface area contributed by atoms with Crippen LogP contribution in [0, 0.1) is 0 Å². The van der Waals surface area contributed by atoms with Crippen LogP contribution in [0.15, 0.2) is 59.7 Å². The second kappa shape index (κ2) is 9.73. The fraction of sp³-hybridized carbons (Fsp3) is 0.333. The number of nitrogens with one attached hydrogen (secondary N) is 2. The van der Waals surface area contributed by atoms with E-state index in [0.29, 0.717) is 13.2 Å². The number of quaternary nitrogens is 1. The zero-order valence-corrected chi connectivity index (χ0v) is 15.0. The SMILES string of the molecule is O=C(C[NH+]1CCCCC1)N/N=C\c1ccccc1OCc1ccccc1. The van der Waals surface area contributed by atoms with Gasteiger partial charge in [-0.2, -0.15) is 5.10 Å². The number of piperidine rings is 1. The number of rotatable bonds is 7. The molecule has 136 valence electrons. The molecule has 0 aromatic heterocycles. The van der Waals surface area contributed by atoms with Crippen LogP contribution >= 0.6 is 0 Å². The fourth-order valence-corrected chi connectivity index (χ4v) is 3.12. The van der Waals surface area contributed by atoms with Gasteiger partial charge in [0.05, 0.1) is 19.3 Å². The summed E-state index contributed by atoms with van der Waals surface area (Å²) in [5.74, 6) is 0.705. The van der Waals surface area contributed by atoms with Crippen LogP contribution in [-0.2, 0) is 11.4 Å². The average molecular weight is 352 g/mol. The number of nitrogens with zero attached hydrogens (tertiary/aromatic N) is 1. The van der Waals surface area contributed by atoms with Gasteiger partial charge in [0.1, 0.15) is 12.4 Å². The van der Waals surface area contributed by atoms with Gasteiger partial charge in [-0.25, -0.2) is 5.43 Å². The number of carbonyl (C=O) groups is 1. The van der Waals surface area contributed by atoms with E-state index in [2.05, 4.69) is 10.5 Å². The lowest BCUT2D eigenvalue weighted by Crippen LogP contribution is -3.13. The molecule has 5 heteroatoms. The standard InChI is InChI=1S/C21H25N3O2/c25-21(16-24-13-7-2-8-14-24)23-22-15-19-11-5-6-12-20(19)26-17-18-9-3-1-4-10-18/h1,3-6,9-12,15H,2,7-8,13-14,16-17H2,(H,23,25)/p+1/b22-15-. The van der Waals surface area contributed by atoms with E-state index in [9.17, 15) is 4.79 Å². The number of hydrazone groups is 1. The lowest BCUT2D eigenvalue weighted by Gasteiger charge is -2.22. The Kier molecular flexibility index (Phi) is 6.79. The Labute approximate surface area is 154 Å². The molecule has 1 aliphatic rings. The number of hydrogen-bond acceptors (Lipinski definition) is 3. The summed E-state index contributed by atoms with van der Waals surface area (Å²) in [6.07, 6.45) is 5.34. The highest BCUT2D eigenvalue weighted by molar-refractivity contribution is 5.85. The van der Waals surface area contributed by atoms with Crippen LogP contribution < -0.4 is 15.1 Å². The van der Waals surface area contributed by atoms with E-state index < -0.39 is 0 Å². The van der Waals surface area contributed by atoms with E-state index in [0.717, 1.165) is 30.0 Å². The number of benzene rings is 2. The maximum atomic E-state index is 12.0. The molecule has 0 spiro atoms. The molecule has 3 rings (SSSR count). The van der Waals surface area contributed by atoms with Crippen LogP contribution in [0.3, 0.4) is 0 Å². The third kappa shape index (κ3) is 5.70. The van der Waals surface area contributed by atoms with Crippen molar-refractivity contribution in [3.8, 4) is 5.75 Å². The van der Waals surface area contributed by atoms with Crippen LogP contribution in [0.25, 0.3) is 0 Å². The van der Waals surface area contributed by atoms with Crippen molar-refractivity contribution < 1.29 is 14.4 Å². The summed E-state index contributed by atoms with van der Waals surface area (Å²) >= 11 is 0. The van der Waals surface area contributed by atoms with Crippen molar-refractivity contribution in [1.29, 1.82) is 0 Å². The van der Waals surface area contributed by atoms with Crippen LogP contribution in [0.1, 0.15) is 30.4 Å². The predicted octanol–water partition coefficient (Wildman–Crippen LogP) is 1.78. The molecule has 1 aliphatic heterocycles. The zero-order chi connectivity index (χ0) is 18.0. The van der Waals surface area contributed by atoms with Crippen molar-refractivity contribution in [2.45, 2.75) is 25.9 Å². The molecule has 2 aromatic carbocycles. The Morgan fingerprint density at radius 2 is 1.77 bits per heavy atom. The molecule has 0 atom stereocenters. The highest BCUT2D eigenvalue weighted by Crippen LogP contribution is 2.17. The molecule has 2 N–H and O–H groups in total. The minimum atomic E-state index is -0.0409. The number of carbonyl (C=O) groups excluding carboxylic acids is 1. The first-order valence-corrected chi connectivity index (χ1v) is 9.22. The lowest BCUT2D eigenvalue weighted by molar-refractivity contribution is -0.896. The monoisotopic (exact) mass is 352 g/mol. The van der Waals surface area contributed by atoms with Gasteiger partial charge in [-0.05, 0) is 37.0 Å². The van der Waals surface area contributed by atoms with Crippen LogP contribution in [0.4, 0.5) is 0 Å². The minimum Gasteiger partial charge on any atom is -0.488 e. The third-order valence-electron chi connectivity index (χ3n) is 4.52. The van der Waals surface area contributed by atoms with Crippen LogP contribution in [-0.4, -0.2) is 31.8 Å². The summed E-state index contributed by atoms with van der Waals surface area (Å²) in [7, 11) is 0. The molecule has 0 bridgehead atoms. The normalized spacial score (nSPS) is 15.1. The maximum absolute atomic E-state index is 12.0. The molecule has 2 aromatic rings. The Morgan fingerprint density at radius 1 is 1.04 bits per heavy atom. The zero-order valence-electron chi connectivity index (χ0n) is 15.0. The summed E-state index contributed by atoms with van der Waals surface area (Å²) in [6.45, 7) is 3.14. The Bertz CT molecular complexity index is 725. The smallest absolute Gasteiger partial charge is 0.295 e. The number of ether oxygens (including phenoxy) is 1. The summed E-state index contributed by atoms with van der Waals surface area (Å²) in [6, 6.07) is 17.7. The van der Waals surface area contributed by atoms with Gasteiger partial charge in [0.2, 0.25) is 0 Å². The first kappa shape index (κ1) is 18.1. The summed E-state index contributed by atoms with van der Waals surface area (Å²) in [4.78, 5) is 13.4. The molecular weight excluding hydrogens is 326 g/mol. The second-order valence-electron chi connectivity index (χ2n) is 6.59. The summed E-state index contributed by atoms with van der Waals surface area (Å²) in [5, 5.41) is 4.10. The molecule has 0 aliphatic carbocycles. The Balaban J connectivity index is 1.52. The molecular formula is C21H26N3O2+. The van der Waals surface area contributed by atoms with Gasteiger partial charge in [0.25, 0.3) is 5.91 Å². The molecule has 0 saturated carbocycles. The van der Waals surface area contributed by atoms with Crippen molar-refractivity contribution in [1.82, 2.24) is 5.43 Å². The first-order chi connectivity index (χ1) is 12.8. The fourth-order valence-electron chi connectivity index (χ4n) is 3.12. The lowest BCUT2D eigenvalue weighted by atomic mass is 10.1. The van der Waals surface area contributed by atoms with E-state index in [-0.39, 0.29) is 5.91 Å². The Morgan fingerprint density at radius 3 is 2.58 bits per heavy atom. The molecule has 5 nitrogen and oxygen atoms in total. The van der Waals surface area contributed by atoms with Crippen molar-refractivity contribution in [3.05, 3.63) is 65.7 Å². The van der Waals surface area contributed by atoms with Gasteiger partial charge < -0.3 is 9.64 Å². The highest BCUT2D eigenvalue weighted by Gasteiger charge is 2.16. The third-order valence-corrected chi connectivity index (χ3v) is 4.52. The molecule has 1 saturated heterocycles. The average Bonchev–Trinajstić information content (AvgIpc) is 2.69. The number of para-hydroxylation sites is 1. The molecule has 1 heterocycles. The first-order valence-electron chi connectivity index (χ1n) is 9.22. The topological polar surface area (TPSA) is 55.1 Å². The Hall–Kier alpha value is -2.66. The maximum Gasteiger partial charge on any atom is 0.295 e. The number of amides is 1. The van der Waals surface area contributed by atoms with E-state index in [1.165, 1.54) is 24.2 Å². The van der Waals surface area contributed by atoms with E-state index in [1.54, 1.807) is 6.21 Å². The predicted molar refractivity (Wildman–Crippen MR) is 102 cm³/mol. The van der Waals surface area contributed by atoms with Crippen molar-refractivity contribution >= 4 is 12.1 Å². The van der Waals surface area contributed by atoms with Crippen molar-refractivity contribution in [2.24, 2.45) is 5.10 Å². The number of hydrogen-bond donors (Lipinski definition) is 2. The van der Waals surface area contributed by atoms with E-state index in [1.807, 2.05) is 54.6 Å². The van der Waals surface area contributed by atoms with Gasteiger partial charge in [-0.3, -0.25) is 4.79 Å². The minimum absolute atomic E-state index is 0.0409. The highest BCUT2D eigenvalue weighted by atomic mass is 16.5. The van der Waals surface area contributed by atoms with Gasteiger partial charge in [-0.1, -0.05) is 42.5 Å². The van der Waals surface area contributed by atoms with Crippen LogP contribution in [0.2, 0.25) is 0 Å². The second-order valence-corrected chi connectivity index (χ2v) is 6.59. The van der Waals surface area contributed by atoms with Crippen molar-refractivity contribution in [2.75, 3.05) is 19.6 Å². The molecule has 1 fully saturated rings. The number of likely N-dealkylation sites (tertiary alicyclic amines) is 1. The quantitative estimate of drug-likeness (QED) is 0.590. The molecule has 0 unspecified atom stereocenters. The molecule has 26 heavy (non-hydrogen) atoms. The van der Waals surface area contributed by atoms with Crippen molar-refractivity contribution in [3.63, 3.8) is 0 Å². The van der Waals surface area contributed by atoms with Gasteiger partial charge in [-0.15, -0.1) is 0 Å². The summed E-state index contributed by atoms with van der Waals surface area (Å²) in [5.41, 5.74) is 4.58. The van der Waals surface area contributed by atoms with E-state index >= 15 is 0 Å². The van der Waals surface area contributed by atoms with Gasteiger partial charge >= 0.3 is 0 Å².